The van der Waals surface area contributed by atoms with Crippen molar-refractivity contribution in [1.82, 2.24) is 0 Å². The summed E-state index contributed by atoms with van der Waals surface area (Å²) >= 11 is 2.08. The standard InChI is InChI=1S/C17H21NS/c18-10-4-3-5-13-8-9-14(11-15-12-19-15)17-7-2-1-6-16(13)17/h1-2,6-9,15H,3-5,10-12,18H2. The molecule has 2 heteroatoms. The number of hydrogen-bond acceptors (Lipinski definition) is 2. The summed E-state index contributed by atoms with van der Waals surface area (Å²) in [5, 5.41) is 3.77. The van der Waals surface area contributed by atoms with Crippen LogP contribution in [0.15, 0.2) is 36.4 Å². The van der Waals surface area contributed by atoms with Crippen LogP contribution >= 0.6 is 11.8 Å². The molecule has 1 nitrogen and oxygen atoms in total. The van der Waals surface area contributed by atoms with E-state index in [1.807, 2.05) is 0 Å². The van der Waals surface area contributed by atoms with E-state index in [4.69, 9.17) is 5.73 Å². The third-order valence-electron chi connectivity index (χ3n) is 3.85. The Bertz CT molecular complexity index is 560. The Labute approximate surface area is 119 Å². The minimum absolute atomic E-state index is 0.801. The number of nitrogens with two attached hydrogens (primary N) is 1. The van der Waals surface area contributed by atoms with Crippen LogP contribution in [0.25, 0.3) is 10.8 Å². The molecule has 3 rings (SSSR count). The fourth-order valence-electron chi connectivity index (χ4n) is 2.71. The van der Waals surface area contributed by atoms with Crippen molar-refractivity contribution in [3.8, 4) is 0 Å². The Morgan fingerprint density at radius 3 is 2.37 bits per heavy atom. The highest BCUT2D eigenvalue weighted by Crippen LogP contribution is 2.35. The lowest BCUT2D eigenvalue weighted by Gasteiger charge is -2.11. The van der Waals surface area contributed by atoms with Crippen LogP contribution < -0.4 is 5.73 Å². The maximum Gasteiger partial charge on any atom is 0.0179 e. The van der Waals surface area contributed by atoms with Gasteiger partial charge in [0, 0.05) is 11.0 Å². The van der Waals surface area contributed by atoms with Crippen molar-refractivity contribution in [3.63, 3.8) is 0 Å². The van der Waals surface area contributed by atoms with Crippen molar-refractivity contribution in [2.45, 2.75) is 30.9 Å². The van der Waals surface area contributed by atoms with Crippen LogP contribution in [0.4, 0.5) is 0 Å². The number of benzene rings is 2. The second kappa shape index (κ2) is 5.98. The number of hydrogen-bond donors (Lipinski definition) is 1. The monoisotopic (exact) mass is 271 g/mol. The highest BCUT2D eigenvalue weighted by Gasteiger charge is 2.23. The topological polar surface area (TPSA) is 26.0 Å². The van der Waals surface area contributed by atoms with Gasteiger partial charge in [-0.3, -0.25) is 0 Å². The minimum Gasteiger partial charge on any atom is -0.330 e. The highest BCUT2D eigenvalue weighted by atomic mass is 32.2. The smallest absolute Gasteiger partial charge is 0.0179 e. The lowest BCUT2D eigenvalue weighted by atomic mass is 9.94. The maximum atomic E-state index is 5.59. The largest absolute Gasteiger partial charge is 0.330 e. The first-order chi connectivity index (χ1) is 9.38. The maximum absolute atomic E-state index is 5.59. The molecule has 2 aromatic rings. The van der Waals surface area contributed by atoms with Crippen LogP contribution in [0.3, 0.4) is 0 Å². The molecule has 0 radical (unpaired) electrons. The molecule has 1 aliphatic rings. The molecule has 0 spiro atoms. The van der Waals surface area contributed by atoms with E-state index in [1.165, 1.54) is 40.5 Å². The molecule has 0 aliphatic carbocycles. The molecule has 0 bridgehead atoms. The van der Waals surface area contributed by atoms with Gasteiger partial charge in [-0.2, -0.15) is 11.8 Å². The average molecular weight is 271 g/mol. The molecule has 1 aliphatic heterocycles. The van der Waals surface area contributed by atoms with E-state index in [0.29, 0.717) is 0 Å². The number of rotatable bonds is 6. The Kier molecular flexibility index (Phi) is 4.09. The van der Waals surface area contributed by atoms with Crippen molar-refractivity contribution in [1.29, 1.82) is 0 Å². The molecule has 1 heterocycles. The van der Waals surface area contributed by atoms with Gasteiger partial charge in [0.25, 0.3) is 0 Å². The molecule has 0 amide bonds. The normalized spacial score (nSPS) is 17.8. The van der Waals surface area contributed by atoms with Gasteiger partial charge in [-0.15, -0.1) is 0 Å². The summed E-state index contributed by atoms with van der Waals surface area (Å²) in [5.41, 5.74) is 8.59. The second-order valence-corrected chi connectivity index (χ2v) is 6.67. The van der Waals surface area contributed by atoms with Gasteiger partial charge in [-0.05, 0) is 54.1 Å². The zero-order valence-corrected chi connectivity index (χ0v) is 12.1. The van der Waals surface area contributed by atoms with E-state index < -0.39 is 0 Å². The zero-order chi connectivity index (χ0) is 13.1. The summed E-state index contributed by atoms with van der Waals surface area (Å²) in [4.78, 5) is 0. The van der Waals surface area contributed by atoms with Crippen molar-refractivity contribution in [2.75, 3.05) is 12.3 Å². The summed E-state index contributed by atoms with van der Waals surface area (Å²) in [5.74, 6) is 1.34. The zero-order valence-electron chi connectivity index (χ0n) is 11.3. The van der Waals surface area contributed by atoms with E-state index in [-0.39, 0.29) is 0 Å². The molecule has 1 unspecified atom stereocenters. The molecular weight excluding hydrogens is 250 g/mol. The van der Waals surface area contributed by atoms with Gasteiger partial charge in [0.15, 0.2) is 0 Å². The van der Waals surface area contributed by atoms with Gasteiger partial charge >= 0.3 is 0 Å². The van der Waals surface area contributed by atoms with Gasteiger partial charge in [-0.1, -0.05) is 36.4 Å². The summed E-state index contributed by atoms with van der Waals surface area (Å²) in [7, 11) is 0. The Morgan fingerprint density at radius 2 is 1.68 bits per heavy atom. The van der Waals surface area contributed by atoms with Gasteiger partial charge in [0.1, 0.15) is 0 Å². The van der Waals surface area contributed by atoms with Crippen molar-refractivity contribution < 1.29 is 0 Å². The summed E-state index contributed by atoms with van der Waals surface area (Å²) in [6.07, 6.45) is 4.69. The van der Waals surface area contributed by atoms with Crippen molar-refractivity contribution in [3.05, 3.63) is 47.5 Å². The lowest BCUT2D eigenvalue weighted by Crippen LogP contribution is -2.00. The van der Waals surface area contributed by atoms with Crippen LogP contribution in [-0.2, 0) is 12.8 Å². The predicted molar refractivity (Wildman–Crippen MR) is 85.9 cm³/mol. The fourth-order valence-corrected chi connectivity index (χ4v) is 3.26. The van der Waals surface area contributed by atoms with E-state index in [9.17, 15) is 0 Å². The number of aryl methyl sites for hydroxylation is 1. The Hall–Kier alpha value is -0.990. The molecule has 2 N–H and O–H groups in total. The second-order valence-electron chi connectivity index (χ2n) is 5.33. The fraction of sp³-hybridized carbons (Fsp3) is 0.412. The molecule has 1 fully saturated rings. The molecule has 2 aromatic carbocycles. The first-order valence-electron chi connectivity index (χ1n) is 7.19. The van der Waals surface area contributed by atoms with E-state index in [2.05, 4.69) is 48.2 Å². The summed E-state index contributed by atoms with van der Waals surface area (Å²) in [6.45, 7) is 0.801. The van der Waals surface area contributed by atoms with Crippen LogP contribution in [0, 0.1) is 0 Å². The van der Waals surface area contributed by atoms with E-state index in [0.717, 1.165) is 24.6 Å². The molecule has 1 atom stereocenters. The molecule has 1 saturated heterocycles. The van der Waals surface area contributed by atoms with Crippen molar-refractivity contribution >= 4 is 22.5 Å². The number of thioether (sulfide) groups is 1. The Balaban J connectivity index is 1.90. The van der Waals surface area contributed by atoms with Gasteiger partial charge < -0.3 is 5.73 Å². The van der Waals surface area contributed by atoms with Gasteiger partial charge in [0.05, 0.1) is 0 Å². The SMILES string of the molecule is NCCCCc1ccc(CC2CS2)c2ccccc12. The van der Waals surface area contributed by atoms with E-state index in [1.54, 1.807) is 0 Å². The molecular formula is C17H21NS. The van der Waals surface area contributed by atoms with Crippen LogP contribution in [0.5, 0.6) is 0 Å². The summed E-state index contributed by atoms with van der Waals surface area (Å²) in [6, 6.07) is 13.6. The molecule has 100 valence electrons. The van der Waals surface area contributed by atoms with Crippen LogP contribution in [0.1, 0.15) is 24.0 Å². The molecule has 19 heavy (non-hydrogen) atoms. The van der Waals surface area contributed by atoms with Crippen molar-refractivity contribution in [2.24, 2.45) is 5.73 Å². The van der Waals surface area contributed by atoms with Crippen LogP contribution in [-0.4, -0.2) is 17.5 Å². The Morgan fingerprint density at radius 1 is 1.00 bits per heavy atom. The predicted octanol–water partition coefficient (Wildman–Crippen LogP) is 3.78. The summed E-state index contributed by atoms with van der Waals surface area (Å²) < 4.78 is 0. The minimum atomic E-state index is 0.801. The highest BCUT2D eigenvalue weighted by molar-refractivity contribution is 8.06. The lowest BCUT2D eigenvalue weighted by molar-refractivity contribution is 0.747. The third-order valence-corrected chi connectivity index (χ3v) is 4.83. The quantitative estimate of drug-likeness (QED) is 0.639. The van der Waals surface area contributed by atoms with Gasteiger partial charge in [-0.25, -0.2) is 0 Å². The molecule has 0 saturated carbocycles. The first kappa shape index (κ1) is 13.0. The number of fused-ring (bicyclic) bond motifs is 1. The van der Waals surface area contributed by atoms with Crippen LogP contribution in [0.2, 0.25) is 0 Å². The van der Waals surface area contributed by atoms with Gasteiger partial charge in [0.2, 0.25) is 0 Å². The first-order valence-corrected chi connectivity index (χ1v) is 8.24. The third kappa shape index (κ3) is 3.13. The average Bonchev–Trinajstić information content (AvgIpc) is 3.25. The molecule has 0 aromatic heterocycles. The van der Waals surface area contributed by atoms with E-state index >= 15 is 0 Å². The number of unbranched alkanes of at least 4 members (excludes halogenated alkanes) is 1.